The molecule has 9 nitrogen and oxygen atoms in total. The Kier molecular flexibility index (Phi) is 8.55. The molecule has 0 radical (unpaired) electrons. The van der Waals surface area contributed by atoms with Crippen molar-refractivity contribution in [3.8, 4) is 11.5 Å². The number of anilines is 1. The van der Waals surface area contributed by atoms with Gasteiger partial charge in [-0.05, 0) is 35.4 Å². The molecule has 42 heavy (non-hydrogen) atoms. The molecule has 0 unspecified atom stereocenters. The van der Waals surface area contributed by atoms with Crippen LogP contribution in [0.3, 0.4) is 0 Å². The van der Waals surface area contributed by atoms with E-state index in [1.165, 1.54) is 5.56 Å². The summed E-state index contributed by atoms with van der Waals surface area (Å²) >= 11 is 1.62. The van der Waals surface area contributed by atoms with Crippen LogP contribution in [0.15, 0.2) is 53.7 Å². The first-order valence-electron chi connectivity index (χ1n) is 14.7. The van der Waals surface area contributed by atoms with Gasteiger partial charge in [-0.1, -0.05) is 50.7 Å². The second-order valence-electron chi connectivity index (χ2n) is 12.0. The van der Waals surface area contributed by atoms with Crippen molar-refractivity contribution in [3.05, 3.63) is 70.9 Å². The summed E-state index contributed by atoms with van der Waals surface area (Å²) in [6.07, 6.45) is 0. The number of hydrogen-bond acceptors (Lipinski definition) is 9. The number of hydrogen-bond donors (Lipinski definition) is 0. The Morgan fingerprint density at radius 2 is 1.67 bits per heavy atom. The number of ether oxygens (including phenoxy) is 3. The molecular formula is C32H39N5O4S. The van der Waals surface area contributed by atoms with Crippen molar-refractivity contribution in [2.24, 2.45) is 0 Å². The number of morpholine rings is 1. The minimum atomic E-state index is -0.0985. The zero-order valence-corrected chi connectivity index (χ0v) is 25.5. The van der Waals surface area contributed by atoms with E-state index in [0.717, 1.165) is 72.0 Å². The summed E-state index contributed by atoms with van der Waals surface area (Å²) in [5.41, 5.74) is 3.98. The first-order chi connectivity index (χ1) is 20.3. The van der Waals surface area contributed by atoms with E-state index in [9.17, 15) is 4.79 Å². The molecule has 3 aliphatic heterocycles. The van der Waals surface area contributed by atoms with Gasteiger partial charge >= 0.3 is 0 Å². The van der Waals surface area contributed by atoms with Crippen molar-refractivity contribution in [1.82, 2.24) is 19.8 Å². The minimum Gasteiger partial charge on any atom is -0.454 e. The summed E-state index contributed by atoms with van der Waals surface area (Å²) < 4.78 is 16.4. The highest BCUT2D eigenvalue weighted by molar-refractivity contribution is 7.98. The molecule has 2 aromatic carbocycles. The largest absolute Gasteiger partial charge is 0.454 e. The van der Waals surface area contributed by atoms with Gasteiger partial charge in [0.1, 0.15) is 5.82 Å². The van der Waals surface area contributed by atoms with E-state index >= 15 is 0 Å². The molecule has 3 aliphatic rings. The van der Waals surface area contributed by atoms with Crippen LogP contribution < -0.4 is 14.4 Å². The second-order valence-corrected chi connectivity index (χ2v) is 12.9. The quantitative estimate of drug-likeness (QED) is 0.290. The Bertz CT molecular complexity index is 1410. The lowest BCUT2D eigenvalue weighted by molar-refractivity contribution is 0.0303. The van der Waals surface area contributed by atoms with E-state index in [1.54, 1.807) is 11.8 Å². The summed E-state index contributed by atoms with van der Waals surface area (Å²) in [5, 5.41) is 0.769. The zero-order chi connectivity index (χ0) is 29.1. The van der Waals surface area contributed by atoms with Crippen LogP contribution in [0, 0.1) is 0 Å². The van der Waals surface area contributed by atoms with Crippen LogP contribution in [0.5, 0.6) is 11.5 Å². The van der Waals surface area contributed by atoms with Crippen molar-refractivity contribution in [2.45, 2.75) is 43.6 Å². The lowest BCUT2D eigenvalue weighted by Gasteiger charge is -2.36. The molecule has 2 saturated heterocycles. The van der Waals surface area contributed by atoms with Crippen LogP contribution in [0.4, 0.5) is 5.82 Å². The van der Waals surface area contributed by atoms with Crippen LogP contribution >= 0.6 is 11.8 Å². The highest BCUT2D eigenvalue weighted by atomic mass is 32.2. The number of carbonyl (C=O) groups excluding carboxylic acids is 1. The molecule has 0 atom stereocenters. The van der Waals surface area contributed by atoms with Gasteiger partial charge in [-0.25, -0.2) is 9.97 Å². The average molecular weight is 590 g/mol. The molecule has 4 heterocycles. The van der Waals surface area contributed by atoms with E-state index in [1.807, 2.05) is 29.2 Å². The monoisotopic (exact) mass is 589 g/mol. The Morgan fingerprint density at radius 3 is 2.45 bits per heavy atom. The summed E-state index contributed by atoms with van der Waals surface area (Å²) in [5.74, 6) is 3.40. The molecule has 1 amide bonds. The first-order valence-corrected chi connectivity index (χ1v) is 15.6. The fourth-order valence-corrected chi connectivity index (χ4v) is 6.14. The van der Waals surface area contributed by atoms with E-state index in [4.69, 9.17) is 24.2 Å². The van der Waals surface area contributed by atoms with Gasteiger partial charge in [0.15, 0.2) is 16.7 Å². The second kappa shape index (κ2) is 12.5. The lowest BCUT2D eigenvalue weighted by atomic mass is 9.92. The summed E-state index contributed by atoms with van der Waals surface area (Å²) in [4.78, 5) is 29.7. The normalized spacial score (nSPS) is 17.5. The Hall–Kier alpha value is -3.34. The van der Waals surface area contributed by atoms with Crippen LogP contribution in [0.2, 0.25) is 0 Å². The highest BCUT2D eigenvalue weighted by Crippen LogP contribution is 2.33. The fourth-order valence-electron chi connectivity index (χ4n) is 5.35. The molecule has 0 spiro atoms. The Labute approximate surface area is 252 Å². The summed E-state index contributed by atoms with van der Waals surface area (Å²) in [7, 11) is 0. The molecule has 0 saturated carbocycles. The van der Waals surface area contributed by atoms with Crippen molar-refractivity contribution >= 4 is 23.5 Å². The van der Waals surface area contributed by atoms with Gasteiger partial charge in [0.2, 0.25) is 6.79 Å². The van der Waals surface area contributed by atoms with Gasteiger partial charge in [-0.15, -0.1) is 0 Å². The standard InChI is InChI=1S/C32H39N5O4S/c1-32(2,3)28-19-29(36-11-9-35(10-12-36)20-23-7-8-26-27(18-23)41-22-40-26)34-31(33-28)42-21-24-5-4-6-25(17-24)30(38)37-13-15-39-16-14-37/h4-8,17-19H,9-16,20-22H2,1-3H3. The lowest BCUT2D eigenvalue weighted by Crippen LogP contribution is -2.46. The maximum absolute atomic E-state index is 13.0. The van der Waals surface area contributed by atoms with Crippen molar-refractivity contribution in [1.29, 1.82) is 0 Å². The number of benzene rings is 2. The van der Waals surface area contributed by atoms with Gasteiger partial charge in [0, 0.05) is 68.6 Å². The van der Waals surface area contributed by atoms with Gasteiger partial charge in [-0.2, -0.15) is 0 Å². The molecule has 0 aliphatic carbocycles. The third-order valence-electron chi connectivity index (χ3n) is 7.84. The zero-order valence-electron chi connectivity index (χ0n) is 24.7. The van der Waals surface area contributed by atoms with Gasteiger partial charge in [0.05, 0.1) is 18.9 Å². The minimum absolute atomic E-state index is 0.0658. The van der Waals surface area contributed by atoms with Crippen molar-refractivity contribution in [2.75, 3.05) is 64.2 Å². The highest BCUT2D eigenvalue weighted by Gasteiger charge is 2.24. The van der Waals surface area contributed by atoms with Crippen LogP contribution in [-0.2, 0) is 22.4 Å². The van der Waals surface area contributed by atoms with Crippen LogP contribution in [0.1, 0.15) is 48.0 Å². The van der Waals surface area contributed by atoms with Crippen molar-refractivity contribution < 1.29 is 19.0 Å². The van der Waals surface area contributed by atoms with Crippen LogP contribution in [-0.4, -0.2) is 85.0 Å². The van der Waals surface area contributed by atoms with Crippen molar-refractivity contribution in [3.63, 3.8) is 0 Å². The Balaban J connectivity index is 1.11. The molecule has 0 bridgehead atoms. The third kappa shape index (κ3) is 6.82. The summed E-state index contributed by atoms with van der Waals surface area (Å²) in [6.45, 7) is 13.9. The topological polar surface area (TPSA) is 80.3 Å². The Morgan fingerprint density at radius 1 is 0.881 bits per heavy atom. The molecular weight excluding hydrogens is 550 g/mol. The number of nitrogens with zero attached hydrogens (tertiary/aromatic N) is 5. The molecule has 2 fully saturated rings. The predicted octanol–water partition coefficient (Wildman–Crippen LogP) is 4.59. The van der Waals surface area contributed by atoms with E-state index in [2.05, 4.69) is 54.8 Å². The molecule has 10 heteroatoms. The number of aromatic nitrogens is 2. The number of amides is 1. The maximum atomic E-state index is 13.0. The maximum Gasteiger partial charge on any atom is 0.254 e. The molecule has 0 N–H and O–H groups in total. The number of thioether (sulfide) groups is 1. The first kappa shape index (κ1) is 28.8. The van der Waals surface area contributed by atoms with Gasteiger partial charge < -0.3 is 24.0 Å². The number of piperazine rings is 1. The molecule has 1 aromatic heterocycles. The van der Waals surface area contributed by atoms with Crippen LogP contribution in [0.25, 0.3) is 0 Å². The van der Waals surface area contributed by atoms with Gasteiger partial charge in [-0.3, -0.25) is 9.69 Å². The summed E-state index contributed by atoms with van der Waals surface area (Å²) in [6, 6.07) is 16.3. The molecule has 6 rings (SSSR count). The van der Waals surface area contributed by atoms with E-state index in [-0.39, 0.29) is 11.3 Å². The fraction of sp³-hybridized carbons (Fsp3) is 0.469. The van der Waals surface area contributed by atoms with E-state index in [0.29, 0.717) is 38.8 Å². The number of fused-ring (bicyclic) bond motifs is 1. The number of carbonyl (C=O) groups is 1. The number of rotatable bonds is 7. The molecule has 3 aromatic rings. The average Bonchev–Trinajstić information content (AvgIpc) is 3.48. The SMILES string of the molecule is CC(C)(C)c1cc(N2CCN(Cc3ccc4c(c3)OCO4)CC2)nc(SCc2cccc(C(=O)N3CCOCC3)c2)n1. The third-order valence-corrected chi connectivity index (χ3v) is 8.76. The van der Waals surface area contributed by atoms with Gasteiger partial charge in [0.25, 0.3) is 5.91 Å². The smallest absolute Gasteiger partial charge is 0.254 e. The molecule has 222 valence electrons. The predicted molar refractivity (Wildman–Crippen MR) is 164 cm³/mol. The van der Waals surface area contributed by atoms with E-state index < -0.39 is 0 Å².